The number of carbonyl (C=O) groups is 1. The normalized spacial score (nSPS) is 15.3. The Balaban J connectivity index is 1.82. The van der Waals surface area contributed by atoms with Gasteiger partial charge in [0.05, 0.1) is 11.8 Å². The van der Waals surface area contributed by atoms with Gasteiger partial charge in [-0.05, 0) is 12.8 Å². The lowest BCUT2D eigenvalue weighted by Crippen LogP contribution is -2.36. The largest absolute Gasteiger partial charge is 0.396 e. The van der Waals surface area contributed by atoms with E-state index in [0.717, 1.165) is 31.7 Å². The second-order valence-corrected chi connectivity index (χ2v) is 6.83. The molecule has 0 unspecified atom stereocenters. The van der Waals surface area contributed by atoms with Crippen molar-refractivity contribution in [1.29, 1.82) is 0 Å². The van der Waals surface area contributed by atoms with Crippen LogP contribution in [0.4, 0.5) is 5.82 Å². The quantitative estimate of drug-likeness (QED) is 0.773. The number of aromatic nitrogens is 3. The van der Waals surface area contributed by atoms with Crippen molar-refractivity contribution < 1.29 is 9.90 Å². The number of nitrogens with zero attached hydrogens (tertiary/aromatic N) is 3. The van der Waals surface area contributed by atoms with Crippen LogP contribution in [0.3, 0.4) is 0 Å². The van der Waals surface area contributed by atoms with Gasteiger partial charge in [0, 0.05) is 37.9 Å². The minimum absolute atomic E-state index is 0.0140. The molecule has 2 aromatic rings. The minimum Gasteiger partial charge on any atom is -0.396 e. The van der Waals surface area contributed by atoms with E-state index in [4.69, 9.17) is 0 Å². The molecular formula is C16H23N5O2. The van der Waals surface area contributed by atoms with Gasteiger partial charge >= 0.3 is 0 Å². The summed E-state index contributed by atoms with van der Waals surface area (Å²) in [5.41, 5.74) is 1.34. The highest BCUT2D eigenvalue weighted by atomic mass is 16.3. The van der Waals surface area contributed by atoms with Crippen molar-refractivity contribution in [3.05, 3.63) is 18.0 Å². The van der Waals surface area contributed by atoms with Gasteiger partial charge in [-0.15, -0.1) is 0 Å². The van der Waals surface area contributed by atoms with E-state index in [1.54, 1.807) is 12.4 Å². The summed E-state index contributed by atoms with van der Waals surface area (Å²) in [5.74, 6) is 0.616. The van der Waals surface area contributed by atoms with Crippen molar-refractivity contribution in [3.8, 4) is 0 Å². The van der Waals surface area contributed by atoms with E-state index >= 15 is 0 Å². The second-order valence-electron chi connectivity index (χ2n) is 6.83. The molecule has 7 heteroatoms. The number of aliphatic hydroxyl groups is 1. The molecule has 1 aliphatic rings. The Kier molecular flexibility index (Phi) is 4.21. The highest BCUT2D eigenvalue weighted by Crippen LogP contribution is 2.22. The van der Waals surface area contributed by atoms with Crippen LogP contribution in [-0.2, 0) is 0 Å². The molecule has 2 aromatic heterocycles. The number of aliphatic hydroxyl groups excluding tert-OH is 1. The molecule has 0 saturated carbocycles. The van der Waals surface area contributed by atoms with Gasteiger partial charge in [-0.3, -0.25) is 4.79 Å². The van der Waals surface area contributed by atoms with Gasteiger partial charge in [0.15, 0.2) is 5.65 Å². The van der Waals surface area contributed by atoms with E-state index in [9.17, 15) is 9.90 Å². The van der Waals surface area contributed by atoms with Crippen LogP contribution in [0, 0.1) is 5.41 Å². The maximum atomic E-state index is 12.4. The smallest absolute Gasteiger partial charge is 0.255 e. The van der Waals surface area contributed by atoms with Gasteiger partial charge in [0.2, 0.25) is 0 Å². The molecule has 0 bridgehead atoms. The maximum absolute atomic E-state index is 12.4. The fraction of sp³-hybridized carbons (Fsp3) is 0.562. The molecule has 3 rings (SSSR count). The monoisotopic (exact) mass is 317 g/mol. The summed E-state index contributed by atoms with van der Waals surface area (Å²) in [5, 5.41) is 12.1. The third kappa shape index (κ3) is 3.29. The molecule has 1 fully saturated rings. The van der Waals surface area contributed by atoms with Crippen molar-refractivity contribution in [2.75, 3.05) is 31.1 Å². The van der Waals surface area contributed by atoms with E-state index in [-0.39, 0.29) is 17.9 Å². The van der Waals surface area contributed by atoms with Crippen molar-refractivity contribution in [3.63, 3.8) is 0 Å². The van der Waals surface area contributed by atoms with Crippen LogP contribution in [0.5, 0.6) is 0 Å². The van der Waals surface area contributed by atoms with Crippen LogP contribution in [0.25, 0.3) is 11.2 Å². The lowest BCUT2D eigenvalue weighted by atomic mass is 9.95. The maximum Gasteiger partial charge on any atom is 0.255 e. The van der Waals surface area contributed by atoms with Gasteiger partial charge in [-0.1, -0.05) is 13.8 Å². The predicted molar refractivity (Wildman–Crippen MR) is 88.5 cm³/mol. The number of hydrogen-bond acceptors (Lipinski definition) is 5. The number of hydrogen-bond donors (Lipinski definition) is 3. The van der Waals surface area contributed by atoms with E-state index in [0.29, 0.717) is 23.3 Å². The zero-order valence-corrected chi connectivity index (χ0v) is 13.6. The van der Waals surface area contributed by atoms with Crippen molar-refractivity contribution in [2.45, 2.75) is 26.7 Å². The SMILES string of the molecule is CC(C)(CO)CNC(=O)c1c[nH]c2ncc(N3CCCC3)nc12. The van der Waals surface area contributed by atoms with E-state index in [1.165, 1.54) is 0 Å². The van der Waals surface area contributed by atoms with E-state index in [1.807, 2.05) is 13.8 Å². The topological polar surface area (TPSA) is 94.1 Å². The first kappa shape index (κ1) is 15.7. The van der Waals surface area contributed by atoms with Gasteiger partial charge in [0.25, 0.3) is 5.91 Å². The molecule has 23 heavy (non-hydrogen) atoms. The Morgan fingerprint density at radius 1 is 1.43 bits per heavy atom. The Hall–Kier alpha value is -2.15. The minimum atomic E-state index is -0.353. The summed E-state index contributed by atoms with van der Waals surface area (Å²) >= 11 is 0. The van der Waals surface area contributed by atoms with Crippen LogP contribution >= 0.6 is 0 Å². The fourth-order valence-corrected chi connectivity index (χ4v) is 2.62. The van der Waals surface area contributed by atoms with Crippen LogP contribution in [0.1, 0.15) is 37.0 Å². The first-order valence-corrected chi connectivity index (χ1v) is 7.98. The Morgan fingerprint density at radius 2 is 2.17 bits per heavy atom. The molecule has 0 atom stereocenters. The number of fused-ring (bicyclic) bond motifs is 1. The predicted octanol–water partition coefficient (Wildman–Crippen LogP) is 1.31. The molecule has 124 valence electrons. The van der Waals surface area contributed by atoms with Crippen molar-refractivity contribution in [2.24, 2.45) is 5.41 Å². The molecule has 0 aliphatic carbocycles. The number of aromatic amines is 1. The highest BCUT2D eigenvalue weighted by molar-refractivity contribution is 6.04. The highest BCUT2D eigenvalue weighted by Gasteiger charge is 2.21. The van der Waals surface area contributed by atoms with Crippen LogP contribution in [-0.4, -0.2) is 52.2 Å². The summed E-state index contributed by atoms with van der Waals surface area (Å²) in [6, 6.07) is 0. The number of carbonyl (C=O) groups excluding carboxylic acids is 1. The third-order valence-corrected chi connectivity index (χ3v) is 4.20. The van der Waals surface area contributed by atoms with Gasteiger partial charge in [-0.2, -0.15) is 0 Å². The Morgan fingerprint density at radius 3 is 2.87 bits per heavy atom. The second kappa shape index (κ2) is 6.16. The summed E-state index contributed by atoms with van der Waals surface area (Å²) in [6.07, 6.45) is 5.72. The van der Waals surface area contributed by atoms with Gasteiger partial charge < -0.3 is 20.3 Å². The molecule has 3 N–H and O–H groups in total. The molecule has 3 heterocycles. The molecule has 0 spiro atoms. The zero-order valence-electron chi connectivity index (χ0n) is 13.6. The number of H-pyrrole nitrogens is 1. The molecule has 1 aliphatic heterocycles. The van der Waals surface area contributed by atoms with Crippen LogP contribution < -0.4 is 10.2 Å². The number of amides is 1. The van der Waals surface area contributed by atoms with Crippen LogP contribution in [0.15, 0.2) is 12.4 Å². The number of nitrogens with one attached hydrogen (secondary N) is 2. The first-order chi connectivity index (χ1) is 11.0. The van der Waals surface area contributed by atoms with Crippen molar-refractivity contribution >= 4 is 22.9 Å². The molecule has 0 radical (unpaired) electrons. The summed E-state index contributed by atoms with van der Waals surface area (Å²) in [6.45, 7) is 6.17. The zero-order chi connectivity index (χ0) is 16.4. The Labute approximate surface area is 135 Å². The van der Waals surface area contributed by atoms with Gasteiger partial charge in [-0.25, -0.2) is 9.97 Å². The standard InChI is InChI=1S/C16H23N5O2/c1-16(2,10-22)9-19-15(23)11-7-17-14-13(11)20-12(8-18-14)21-5-3-4-6-21/h7-8,22H,3-6,9-10H2,1-2H3,(H,17,18)(H,19,23). The van der Waals surface area contributed by atoms with E-state index in [2.05, 4.69) is 25.2 Å². The first-order valence-electron chi connectivity index (χ1n) is 7.98. The molecule has 1 saturated heterocycles. The average molecular weight is 317 g/mol. The van der Waals surface area contributed by atoms with Crippen molar-refractivity contribution in [1.82, 2.24) is 20.3 Å². The number of anilines is 1. The van der Waals surface area contributed by atoms with Crippen LogP contribution in [0.2, 0.25) is 0 Å². The molecule has 0 aromatic carbocycles. The average Bonchev–Trinajstić information content (AvgIpc) is 3.21. The molecule has 7 nitrogen and oxygen atoms in total. The fourth-order valence-electron chi connectivity index (χ4n) is 2.62. The van der Waals surface area contributed by atoms with Gasteiger partial charge in [0.1, 0.15) is 11.3 Å². The summed E-state index contributed by atoms with van der Waals surface area (Å²) < 4.78 is 0. The van der Waals surface area contributed by atoms with E-state index < -0.39 is 0 Å². The Bertz CT molecular complexity index is 704. The molecular weight excluding hydrogens is 294 g/mol. The summed E-state index contributed by atoms with van der Waals surface area (Å²) in [4.78, 5) is 26.6. The summed E-state index contributed by atoms with van der Waals surface area (Å²) in [7, 11) is 0. The third-order valence-electron chi connectivity index (χ3n) is 4.20. The number of rotatable bonds is 5. The lowest BCUT2D eigenvalue weighted by molar-refractivity contribution is 0.0912. The lowest BCUT2D eigenvalue weighted by Gasteiger charge is -2.21. The molecule has 1 amide bonds.